The predicted octanol–water partition coefficient (Wildman–Crippen LogP) is 5.32. The minimum atomic E-state index is -3.69. The fraction of sp³-hybridized carbons (Fsp3) is 0.300. The minimum Gasteiger partial charge on any atom is -0.309 e. The van der Waals surface area contributed by atoms with Crippen molar-refractivity contribution in [3.63, 3.8) is 0 Å². The van der Waals surface area contributed by atoms with Gasteiger partial charge in [-0.1, -0.05) is 15.9 Å². The fourth-order valence-corrected chi connectivity index (χ4v) is 6.61. The average molecular weight is 500 g/mol. The van der Waals surface area contributed by atoms with Gasteiger partial charge < -0.3 is 4.90 Å². The van der Waals surface area contributed by atoms with Crippen molar-refractivity contribution >= 4 is 60.4 Å². The highest BCUT2D eigenvalue weighted by atomic mass is 79.9. The number of aromatic nitrogens is 1. The van der Waals surface area contributed by atoms with Gasteiger partial charge in [0, 0.05) is 37.6 Å². The Morgan fingerprint density at radius 3 is 2.39 bits per heavy atom. The number of hydrogen-bond donors (Lipinski definition) is 0. The van der Waals surface area contributed by atoms with Crippen molar-refractivity contribution in [1.82, 2.24) is 8.87 Å². The molecule has 4 nitrogen and oxygen atoms in total. The van der Waals surface area contributed by atoms with Crippen LogP contribution in [0.25, 0.3) is 10.9 Å². The van der Waals surface area contributed by atoms with Crippen LogP contribution in [0.2, 0.25) is 0 Å². The van der Waals surface area contributed by atoms with E-state index in [1.807, 2.05) is 39.4 Å². The quantitative estimate of drug-likeness (QED) is 0.412. The van der Waals surface area contributed by atoms with Gasteiger partial charge in [0.25, 0.3) is 10.0 Å². The lowest BCUT2D eigenvalue weighted by atomic mass is 10.2. The number of rotatable bonds is 7. The molecule has 1 heterocycles. The largest absolute Gasteiger partial charge is 0.309 e. The first-order valence-corrected chi connectivity index (χ1v) is 13.2. The van der Waals surface area contributed by atoms with Gasteiger partial charge in [-0.2, -0.15) is 0 Å². The van der Waals surface area contributed by atoms with Crippen LogP contribution in [0.1, 0.15) is 5.69 Å². The highest BCUT2D eigenvalue weighted by Gasteiger charge is 2.25. The number of halogens is 1. The molecule has 0 aliphatic heterocycles. The average Bonchev–Trinajstić information content (AvgIpc) is 2.93. The monoisotopic (exact) mass is 498 g/mol. The lowest BCUT2D eigenvalue weighted by molar-refractivity contribution is 0.437. The van der Waals surface area contributed by atoms with E-state index in [9.17, 15) is 8.42 Å². The fourth-order valence-electron chi connectivity index (χ4n) is 3.00. The topological polar surface area (TPSA) is 42.3 Å². The molecule has 1 aromatic heterocycles. The summed E-state index contributed by atoms with van der Waals surface area (Å²) in [5.41, 5.74) is 1.49. The van der Waals surface area contributed by atoms with E-state index >= 15 is 0 Å². The molecule has 0 amide bonds. The van der Waals surface area contributed by atoms with Crippen LogP contribution in [-0.2, 0) is 10.0 Å². The number of hydrogen-bond acceptors (Lipinski definition) is 5. The standard InChI is InChI=1S/C20H23BrN2O2S3/c1-14-20(27-12-11-22(2)3)18-13-16(26-4)7-10-19(18)23(14)28(24,25)17-8-5-15(21)6-9-17/h5-10,13H,11-12H2,1-4H3. The van der Waals surface area contributed by atoms with E-state index in [0.717, 1.165) is 43.2 Å². The molecule has 0 atom stereocenters. The molecule has 0 radical (unpaired) electrons. The van der Waals surface area contributed by atoms with Crippen molar-refractivity contribution < 1.29 is 8.42 Å². The first kappa shape index (κ1) is 21.8. The Bertz CT molecular complexity index is 1090. The van der Waals surface area contributed by atoms with E-state index < -0.39 is 10.0 Å². The molecule has 2 aromatic carbocycles. The summed E-state index contributed by atoms with van der Waals surface area (Å²) in [5, 5.41) is 0.994. The summed E-state index contributed by atoms with van der Waals surface area (Å²) in [6.07, 6.45) is 2.03. The first-order chi connectivity index (χ1) is 13.3. The minimum absolute atomic E-state index is 0.287. The van der Waals surface area contributed by atoms with Crippen molar-refractivity contribution in [2.75, 3.05) is 32.6 Å². The molecule has 0 aliphatic carbocycles. The van der Waals surface area contributed by atoms with Gasteiger partial charge in [-0.3, -0.25) is 0 Å². The highest BCUT2D eigenvalue weighted by Crippen LogP contribution is 2.38. The van der Waals surface area contributed by atoms with Crippen LogP contribution in [0, 0.1) is 6.92 Å². The first-order valence-electron chi connectivity index (χ1n) is 8.73. The van der Waals surface area contributed by atoms with Gasteiger partial charge in [0.1, 0.15) is 0 Å². The SMILES string of the molecule is CSc1ccc2c(c1)c(SCCN(C)C)c(C)n2S(=O)(=O)c1ccc(Br)cc1. The normalized spacial score (nSPS) is 12.2. The molecule has 0 saturated carbocycles. The van der Waals surface area contributed by atoms with Gasteiger partial charge in [0.2, 0.25) is 0 Å². The van der Waals surface area contributed by atoms with Gasteiger partial charge in [-0.25, -0.2) is 12.4 Å². The molecule has 3 rings (SSSR count). The Morgan fingerprint density at radius 2 is 1.79 bits per heavy atom. The Labute approximate surface area is 183 Å². The summed E-state index contributed by atoms with van der Waals surface area (Å²) in [4.78, 5) is 4.58. The van der Waals surface area contributed by atoms with E-state index in [-0.39, 0.29) is 4.90 Å². The second-order valence-corrected chi connectivity index (χ2v) is 11.4. The molecule has 3 aromatic rings. The molecule has 0 N–H and O–H groups in total. The van der Waals surface area contributed by atoms with Gasteiger partial charge >= 0.3 is 0 Å². The molecule has 0 bridgehead atoms. The maximum absolute atomic E-state index is 13.5. The van der Waals surface area contributed by atoms with Gasteiger partial charge in [-0.15, -0.1) is 23.5 Å². The molecule has 0 saturated heterocycles. The molecular formula is C20H23BrN2O2S3. The van der Waals surface area contributed by atoms with Crippen molar-refractivity contribution in [3.8, 4) is 0 Å². The third-order valence-electron chi connectivity index (χ3n) is 4.44. The lowest BCUT2D eigenvalue weighted by Crippen LogP contribution is -2.15. The van der Waals surface area contributed by atoms with Crippen LogP contribution >= 0.6 is 39.5 Å². The molecule has 0 aliphatic rings. The molecule has 28 heavy (non-hydrogen) atoms. The van der Waals surface area contributed by atoms with Crippen molar-refractivity contribution in [2.24, 2.45) is 0 Å². The zero-order chi connectivity index (χ0) is 20.5. The van der Waals surface area contributed by atoms with Crippen LogP contribution in [-0.4, -0.2) is 49.9 Å². The van der Waals surface area contributed by atoms with Crippen molar-refractivity contribution in [1.29, 1.82) is 0 Å². The lowest BCUT2D eigenvalue weighted by Gasteiger charge is -2.11. The number of fused-ring (bicyclic) bond motifs is 1. The van der Waals surface area contributed by atoms with Gasteiger partial charge in [0.15, 0.2) is 0 Å². The Morgan fingerprint density at radius 1 is 1.11 bits per heavy atom. The van der Waals surface area contributed by atoms with Crippen LogP contribution in [0.15, 0.2) is 61.6 Å². The summed E-state index contributed by atoms with van der Waals surface area (Å²) in [7, 11) is 0.397. The molecule has 0 spiro atoms. The second-order valence-electron chi connectivity index (χ2n) is 6.67. The number of thioether (sulfide) groups is 2. The molecule has 150 valence electrons. The highest BCUT2D eigenvalue weighted by molar-refractivity contribution is 9.10. The third-order valence-corrected chi connectivity index (χ3v) is 8.70. The molecule has 8 heteroatoms. The number of nitrogens with zero attached hydrogens (tertiary/aromatic N) is 2. The molecule has 0 fully saturated rings. The van der Waals surface area contributed by atoms with E-state index in [2.05, 4.69) is 26.9 Å². The van der Waals surface area contributed by atoms with E-state index in [1.165, 1.54) is 3.97 Å². The summed E-state index contributed by atoms with van der Waals surface area (Å²) in [6, 6.07) is 12.8. The third kappa shape index (κ3) is 4.31. The van der Waals surface area contributed by atoms with Gasteiger partial charge in [-0.05, 0) is 69.7 Å². The molecule has 0 unspecified atom stereocenters. The van der Waals surface area contributed by atoms with Crippen LogP contribution in [0.4, 0.5) is 0 Å². The van der Waals surface area contributed by atoms with E-state index in [0.29, 0.717) is 0 Å². The maximum atomic E-state index is 13.5. The zero-order valence-electron chi connectivity index (χ0n) is 16.3. The Balaban J connectivity index is 2.19. The summed E-state index contributed by atoms with van der Waals surface area (Å²) in [5.74, 6) is 0.898. The van der Waals surface area contributed by atoms with E-state index in [1.54, 1.807) is 47.8 Å². The summed E-state index contributed by atoms with van der Waals surface area (Å²) < 4.78 is 29.3. The molecular weight excluding hydrogens is 476 g/mol. The van der Waals surface area contributed by atoms with Crippen LogP contribution in [0.3, 0.4) is 0 Å². The predicted molar refractivity (Wildman–Crippen MR) is 124 cm³/mol. The smallest absolute Gasteiger partial charge is 0.268 e. The van der Waals surface area contributed by atoms with Crippen LogP contribution in [0.5, 0.6) is 0 Å². The van der Waals surface area contributed by atoms with Crippen LogP contribution < -0.4 is 0 Å². The van der Waals surface area contributed by atoms with Crippen molar-refractivity contribution in [3.05, 3.63) is 52.6 Å². The Kier molecular flexibility index (Phi) is 6.87. The second kappa shape index (κ2) is 8.83. The van der Waals surface area contributed by atoms with E-state index in [4.69, 9.17) is 0 Å². The number of benzene rings is 2. The zero-order valence-corrected chi connectivity index (χ0v) is 20.3. The van der Waals surface area contributed by atoms with Crippen molar-refractivity contribution in [2.45, 2.75) is 21.6 Å². The van der Waals surface area contributed by atoms with Gasteiger partial charge in [0.05, 0.1) is 10.4 Å². The maximum Gasteiger partial charge on any atom is 0.268 e. The summed E-state index contributed by atoms with van der Waals surface area (Å²) in [6.45, 7) is 2.83. The summed E-state index contributed by atoms with van der Waals surface area (Å²) >= 11 is 6.75. The Hall–Kier alpha value is -0.930.